The van der Waals surface area contributed by atoms with Crippen molar-refractivity contribution in [2.24, 2.45) is 0 Å². The average Bonchev–Trinajstić information content (AvgIpc) is 3.56. The molecule has 1 amide bonds. The number of aromatic nitrogens is 4. The van der Waals surface area contributed by atoms with Crippen LogP contribution in [0.5, 0.6) is 5.88 Å². The van der Waals surface area contributed by atoms with Gasteiger partial charge < -0.3 is 10.1 Å². The first kappa shape index (κ1) is 26.9. The van der Waals surface area contributed by atoms with Gasteiger partial charge in [-0.1, -0.05) is 12.1 Å². The highest BCUT2D eigenvalue weighted by Crippen LogP contribution is 2.36. The minimum atomic E-state index is -4.75. The quantitative estimate of drug-likeness (QED) is 0.274. The van der Waals surface area contributed by atoms with E-state index in [0.29, 0.717) is 33.9 Å². The standard InChI is InChI=1S/C27H19F6N5O2/c1-40-25-21(27(31,32)33)9-20(12-35-25)37-24(39)8-15-3-2-14(6-22(15)28)18-5-17-4-16(7-23(17)34-10-18)19-11-36-38(13-19)26(29)30/h2-6,9-13,26H,7-8H2,1H3,(H,37,39). The van der Waals surface area contributed by atoms with E-state index in [0.717, 1.165) is 30.1 Å². The van der Waals surface area contributed by atoms with Gasteiger partial charge in [0.05, 0.1) is 37.3 Å². The fourth-order valence-electron chi connectivity index (χ4n) is 4.29. The Bertz CT molecular complexity index is 1630. The highest BCUT2D eigenvalue weighted by atomic mass is 19.4. The molecule has 0 unspecified atom stereocenters. The Balaban J connectivity index is 1.30. The fourth-order valence-corrected chi connectivity index (χ4v) is 4.29. The van der Waals surface area contributed by atoms with Crippen LogP contribution >= 0.6 is 0 Å². The van der Waals surface area contributed by atoms with Crippen molar-refractivity contribution in [1.82, 2.24) is 19.7 Å². The van der Waals surface area contributed by atoms with Gasteiger partial charge in [-0.25, -0.2) is 14.1 Å². The highest BCUT2D eigenvalue weighted by Gasteiger charge is 2.35. The smallest absolute Gasteiger partial charge is 0.421 e. The van der Waals surface area contributed by atoms with Crippen molar-refractivity contribution in [3.63, 3.8) is 0 Å². The Kier molecular flexibility index (Phi) is 7.04. The lowest BCUT2D eigenvalue weighted by Gasteiger charge is -2.13. The van der Waals surface area contributed by atoms with E-state index in [2.05, 4.69) is 25.1 Å². The number of methoxy groups -OCH3 is 1. The second kappa shape index (κ2) is 10.5. The maximum absolute atomic E-state index is 14.9. The van der Waals surface area contributed by atoms with Gasteiger partial charge in [-0.15, -0.1) is 0 Å². The number of ether oxygens (including phenoxy) is 1. The Hall–Kier alpha value is -4.68. The summed E-state index contributed by atoms with van der Waals surface area (Å²) < 4.78 is 85.4. The normalized spacial score (nSPS) is 12.8. The third-order valence-electron chi connectivity index (χ3n) is 6.23. The summed E-state index contributed by atoms with van der Waals surface area (Å²) in [6.07, 6.45) is 2.25. The lowest BCUT2D eigenvalue weighted by atomic mass is 10.0. The Morgan fingerprint density at radius 3 is 2.55 bits per heavy atom. The molecule has 7 nitrogen and oxygen atoms in total. The number of nitrogens with zero attached hydrogens (tertiary/aromatic N) is 4. The fraction of sp³-hybridized carbons (Fsp3) is 0.185. The van der Waals surface area contributed by atoms with E-state index in [1.807, 2.05) is 6.08 Å². The van der Waals surface area contributed by atoms with Gasteiger partial charge in [-0.2, -0.15) is 27.1 Å². The molecule has 13 heteroatoms. The number of hydrogen-bond donors (Lipinski definition) is 1. The Morgan fingerprint density at radius 2 is 1.88 bits per heavy atom. The molecule has 1 aliphatic carbocycles. The van der Waals surface area contributed by atoms with Gasteiger partial charge in [0, 0.05) is 29.9 Å². The van der Waals surface area contributed by atoms with Crippen molar-refractivity contribution in [3.05, 3.63) is 88.9 Å². The van der Waals surface area contributed by atoms with Gasteiger partial charge in [0.2, 0.25) is 11.8 Å². The Morgan fingerprint density at radius 1 is 1.07 bits per heavy atom. The average molecular weight is 559 g/mol. The van der Waals surface area contributed by atoms with Crippen molar-refractivity contribution in [3.8, 4) is 17.0 Å². The number of carbonyl (C=O) groups excluding carboxylic acids is 1. The molecule has 0 fully saturated rings. The van der Waals surface area contributed by atoms with Crippen LogP contribution in [-0.2, 0) is 23.8 Å². The molecule has 206 valence electrons. The van der Waals surface area contributed by atoms with E-state index in [-0.39, 0.29) is 11.3 Å². The molecule has 3 heterocycles. The molecule has 0 radical (unpaired) electrons. The van der Waals surface area contributed by atoms with Crippen LogP contribution in [0.3, 0.4) is 0 Å². The van der Waals surface area contributed by atoms with Gasteiger partial charge in [0.15, 0.2) is 0 Å². The summed E-state index contributed by atoms with van der Waals surface area (Å²) in [6.45, 7) is -2.74. The molecule has 0 atom stereocenters. The lowest BCUT2D eigenvalue weighted by Crippen LogP contribution is -2.17. The topological polar surface area (TPSA) is 81.9 Å². The molecule has 5 rings (SSSR count). The summed E-state index contributed by atoms with van der Waals surface area (Å²) in [5, 5.41) is 5.95. The SMILES string of the molecule is COc1ncc(NC(=O)Cc2ccc(-c3cnc4c(c3)C=C(c3cnn(C(F)F)c3)C4)cc2F)cc1C(F)(F)F. The van der Waals surface area contributed by atoms with E-state index in [4.69, 9.17) is 0 Å². The predicted octanol–water partition coefficient (Wildman–Crippen LogP) is 6.18. The van der Waals surface area contributed by atoms with Crippen LogP contribution in [0.4, 0.5) is 32.0 Å². The third kappa shape index (κ3) is 5.53. The first-order valence-corrected chi connectivity index (χ1v) is 11.7. The molecule has 1 aromatic carbocycles. The molecule has 0 bridgehead atoms. The van der Waals surface area contributed by atoms with Crippen LogP contribution in [-0.4, -0.2) is 32.8 Å². The molecule has 0 aliphatic heterocycles. The molecule has 1 N–H and O–H groups in total. The van der Waals surface area contributed by atoms with E-state index < -0.39 is 42.3 Å². The maximum atomic E-state index is 14.9. The maximum Gasteiger partial charge on any atom is 0.421 e. The van der Waals surface area contributed by atoms with Crippen LogP contribution in [0.1, 0.15) is 34.5 Å². The molecule has 0 spiro atoms. The van der Waals surface area contributed by atoms with Crippen LogP contribution < -0.4 is 10.1 Å². The molecular formula is C27H19F6N5O2. The van der Waals surface area contributed by atoms with Gasteiger partial charge in [0.25, 0.3) is 0 Å². The van der Waals surface area contributed by atoms with Crippen molar-refractivity contribution in [2.45, 2.75) is 25.6 Å². The summed E-state index contributed by atoms with van der Waals surface area (Å²) in [5.74, 6) is -2.06. The zero-order chi connectivity index (χ0) is 28.6. The number of benzene rings is 1. The predicted molar refractivity (Wildman–Crippen MR) is 133 cm³/mol. The van der Waals surface area contributed by atoms with E-state index >= 15 is 0 Å². The number of halogens is 6. The van der Waals surface area contributed by atoms with Gasteiger partial charge in [-0.05, 0) is 46.5 Å². The number of carbonyl (C=O) groups is 1. The lowest BCUT2D eigenvalue weighted by molar-refractivity contribution is -0.139. The number of anilines is 1. The number of amides is 1. The number of nitrogens with one attached hydrogen (secondary N) is 1. The van der Waals surface area contributed by atoms with Crippen molar-refractivity contribution in [1.29, 1.82) is 0 Å². The van der Waals surface area contributed by atoms with Crippen LogP contribution in [0.25, 0.3) is 22.8 Å². The van der Waals surface area contributed by atoms with E-state index in [1.165, 1.54) is 24.5 Å². The number of alkyl halides is 5. The summed E-state index contributed by atoms with van der Waals surface area (Å²) >= 11 is 0. The highest BCUT2D eigenvalue weighted by molar-refractivity contribution is 5.92. The van der Waals surface area contributed by atoms with Crippen molar-refractivity contribution >= 4 is 23.2 Å². The minimum absolute atomic E-state index is 0.0334. The molecule has 0 saturated carbocycles. The van der Waals surface area contributed by atoms with Crippen LogP contribution in [0.15, 0.2) is 55.1 Å². The van der Waals surface area contributed by atoms with Crippen LogP contribution in [0, 0.1) is 5.82 Å². The van der Waals surface area contributed by atoms with E-state index in [1.54, 1.807) is 18.3 Å². The van der Waals surface area contributed by atoms with Gasteiger partial charge in [0.1, 0.15) is 11.4 Å². The zero-order valence-corrected chi connectivity index (χ0v) is 20.6. The summed E-state index contributed by atoms with van der Waals surface area (Å²) in [4.78, 5) is 20.4. The number of allylic oxidation sites excluding steroid dienone is 1. The summed E-state index contributed by atoms with van der Waals surface area (Å²) in [6, 6.07) is 6.72. The van der Waals surface area contributed by atoms with Gasteiger partial charge in [-0.3, -0.25) is 9.78 Å². The zero-order valence-electron chi connectivity index (χ0n) is 20.6. The number of hydrogen-bond acceptors (Lipinski definition) is 5. The van der Waals surface area contributed by atoms with Gasteiger partial charge >= 0.3 is 12.7 Å². The molecule has 40 heavy (non-hydrogen) atoms. The second-order valence-electron chi connectivity index (χ2n) is 8.90. The molecule has 1 aliphatic rings. The third-order valence-corrected chi connectivity index (χ3v) is 6.23. The van der Waals surface area contributed by atoms with Crippen LogP contribution in [0.2, 0.25) is 0 Å². The molecule has 4 aromatic rings. The monoisotopic (exact) mass is 559 g/mol. The number of rotatable bonds is 7. The number of pyridine rings is 2. The van der Waals surface area contributed by atoms with Crippen molar-refractivity contribution in [2.75, 3.05) is 12.4 Å². The first-order valence-electron chi connectivity index (χ1n) is 11.7. The summed E-state index contributed by atoms with van der Waals surface area (Å²) in [5.41, 5.74) is 2.56. The molecule has 0 saturated heterocycles. The molecule has 3 aromatic heterocycles. The Labute approximate surface area is 223 Å². The molecular weight excluding hydrogens is 540 g/mol. The van der Waals surface area contributed by atoms with Crippen molar-refractivity contribution < 1.29 is 35.9 Å². The first-order chi connectivity index (χ1) is 19.0. The number of fused-ring (bicyclic) bond motifs is 1. The summed E-state index contributed by atoms with van der Waals surface area (Å²) in [7, 11) is 1.05. The van der Waals surface area contributed by atoms with E-state index in [9.17, 15) is 31.1 Å². The minimum Gasteiger partial charge on any atom is -0.481 e. The largest absolute Gasteiger partial charge is 0.481 e. The second-order valence-corrected chi connectivity index (χ2v) is 8.90.